The number of aryl methyl sites for hydroxylation is 1. The second-order valence-electron chi connectivity index (χ2n) is 9.74. The SMILES string of the molecule is C#CN(C(=O)C(CCC(N)=O)NC(=O)OC(C)(C)C)C(C(=O)NC(C)CCC)c1ccc(CC)cc1. The summed E-state index contributed by atoms with van der Waals surface area (Å²) in [4.78, 5) is 51.9. The highest BCUT2D eigenvalue weighted by Crippen LogP contribution is 2.24. The van der Waals surface area contributed by atoms with Crippen LogP contribution in [0.1, 0.15) is 84.4 Å². The summed E-state index contributed by atoms with van der Waals surface area (Å²) < 4.78 is 5.27. The summed E-state index contributed by atoms with van der Waals surface area (Å²) >= 11 is 0. The third-order valence-electron chi connectivity index (χ3n) is 5.37. The molecular weight excluding hydrogens is 460 g/mol. The zero-order chi connectivity index (χ0) is 27.5. The second-order valence-corrected chi connectivity index (χ2v) is 9.74. The number of hydrogen-bond acceptors (Lipinski definition) is 5. The molecule has 4 N–H and O–H groups in total. The van der Waals surface area contributed by atoms with E-state index in [1.807, 2.05) is 32.9 Å². The first kappa shape index (κ1) is 30.5. The van der Waals surface area contributed by atoms with Gasteiger partial charge in [-0.2, -0.15) is 0 Å². The van der Waals surface area contributed by atoms with Crippen molar-refractivity contribution >= 4 is 23.8 Å². The van der Waals surface area contributed by atoms with Gasteiger partial charge in [0.05, 0.1) is 0 Å². The monoisotopic (exact) mass is 500 g/mol. The molecule has 1 aromatic carbocycles. The van der Waals surface area contributed by atoms with Crippen LogP contribution in [0.2, 0.25) is 0 Å². The Balaban J connectivity index is 3.39. The summed E-state index contributed by atoms with van der Waals surface area (Å²) in [6.07, 6.45) is 7.03. The van der Waals surface area contributed by atoms with Gasteiger partial charge in [-0.1, -0.05) is 51.0 Å². The van der Waals surface area contributed by atoms with E-state index in [0.717, 1.165) is 29.7 Å². The van der Waals surface area contributed by atoms with Crippen molar-refractivity contribution in [1.29, 1.82) is 0 Å². The Kier molecular flexibility index (Phi) is 12.0. The Morgan fingerprint density at radius 1 is 1.08 bits per heavy atom. The number of terminal acetylenes is 1. The molecular formula is C27H40N4O5. The number of benzene rings is 1. The molecule has 0 bridgehead atoms. The van der Waals surface area contributed by atoms with Crippen molar-refractivity contribution in [2.75, 3.05) is 0 Å². The van der Waals surface area contributed by atoms with Gasteiger partial charge in [-0.25, -0.2) is 4.79 Å². The molecule has 1 aromatic rings. The Morgan fingerprint density at radius 3 is 2.17 bits per heavy atom. The summed E-state index contributed by atoms with van der Waals surface area (Å²) in [7, 11) is 0. The molecule has 0 heterocycles. The van der Waals surface area contributed by atoms with Crippen LogP contribution in [-0.2, 0) is 25.5 Å². The van der Waals surface area contributed by atoms with Gasteiger partial charge in [0.1, 0.15) is 17.7 Å². The topological polar surface area (TPSA) is 131 Å². The van der Waals surface area contributed by atoms with Gasteiger partial charge in [0.15, 0.2) is 0 Å². The van der Waals surface area contributed by atoms with E-state index in [-0.39, 0.29) is 18.9 Å². The number of hydrogen-bond donors (Lipinski definition) is 3. The van der Waals surface area contributed by atoms with Gasteiger partial charge >= 0.3 is 6.09 Å². The predicted octanol–water partition coefficient (Wildman–Crippen LogP) is 3.17. The number of nitrogens with zero attached hydrogens (tertiary/aromatic N) is 1. The van der Waals surface area contributed by atoms with Gasteiger partial charge in [-0.3, -0.25) is 19.3 Å². The number of nitrogens with two attached hydrogens (primary N) is 1. The molecule has 1 rings (SSSR count). The molecule has 0 radical (unpaired) electrons. The van der Waals surface area contributed by atoms with Crippen molar-refractivity contribution in [3.05, 3.63) is 35.4 Å². The first-order valence-electron chi connectivity index (χ1n) is 12.3. The van der Waals surface area contributed by atoms with Crippen LogP contribution < -0.4 is 16.4 Å². The van der Waals surface area contributed by atoms with Crippen LogP contribution in [0.25, 0.3) is 0 Å². The fourth-order valence-corrected chi connectivity index (χ4v) is 3.61. The lowest BCUT2D eigenvalue weighted by Crippen LogP contribution is -2.52. The molecule has 0 aliphatic rings. The van der Waals surface area contributed by atoms with E-state index in [1.165, 1.54) is 0 Å². The van der Waals surface area contributed by atoms with Crippen LogP contribution in [0, 0.1) is 12.5 Å². The number of alkyl carbamates (subject to hydrolysis) is 1. The summed E-state index contributed by atoms with van der Waals surface area (Å²) in [6, 6.07) is 7.04. The Labute approximate surface area is 214 Å². The number of carbonyl (C=O) groups is 4. The lowest BCUT2D eigenvalue weighted by molar-refractivity contribution is -0.139. The first-order valence-corrected chi connectivity index (χ1v) is 12.3. The van der Waals surface area contributed by atoms with Crippen LogP contribution in [0.5, 0.6) is 0 Å². The van der Waals surface area contributed by atoms with Crippen molar-refractivity contribution in [3.8, 4) is 12.5 Å². The van der Waals surface area contributed by atoms with Crippen LogP contribution in [0.4, 0.5) is 4.79 Å². The van der Waals surface area contributed by atoms with Crippen LogP contribution in [0.15, 0.2) is 24.3 Å². The highest BCUT2D eigenvalue weighted by Gasteiger charge is 2.36. The summed E-state index contributed by atoms with van der Waals surface area (Å²) in [5.41, 5.74) is 6.04. The molecule has 0 saturated heterocycles. The Hall–Kier alpha value is -3.54. The third-order valence-corrected chi connectivity index (χ3v) is 5.37. The average Bonchev–Trinajstić information content (AvgIpc) is 2.78. The highest BCUT2D eigenvalue weighted by molar-refractivity contribution is 5.93. The lowest BCUT2D eigenvalue weighted by Gasteiger charge is -2.31. The minimum atomic E-state index is -1.23. The van der Waals surface area contributed by atoms with E-state index >= 15 is 0 Å². The van der Waals surface area contributed by atoms with Gasteiger partial charge in [-0.05, 0) is 58.1 Å². The van der Waals surface area contributed by atoms with E-state index in [1.54, 1.807) is 32.9 Å². The largest absolute Gasteiger partial charge is 0.444 e. The number of primary amides is 1. The third kappa shape index (κ3) is 9.98. The normalized spacial score (nSPS) is 13.5. The van der Waals surface area contributed by atoms with Crippen molar-refractivity contribution in [2.45, 2.75) is 97.4 Å². The summed E-state index contributed by atoms with van der Waals surface area (Å²) in [6.45, 7) is 10.9. The Bertz CT molecular complexity index is 946. The molecule has 0 fully saturated rings. The van der Waals surface area contributed by atoms with Crippen LogP contribution in [-0.4, -0.2) is 46.4 Å². The van der Waals surface area contributed by atoms with E-state index < -0.39 is 41.5 Å². The van der Waals surface area contributed by atoms with Crippen molar-refractivity contribution in [3.63, 3.8) is 0 Å². The van der Waals surface area contributed by atoms with Gasteiger partial charge < -0.3 is 21.1 Å². The molecule has 4 amide bonds. The summed E-state index contributed by atoms with van der Waals surface area (Å²) in [5.74, 6) is -1.83. The first-order chi connectivity index (χ1) is 16.8. The smallest absolute Gasteiger partial charge is 0.408 e. The molecule has 0 aliphatic carbocycles. The fourth-order valence-electron chi connectivity index (χ4n) is 3.61. The van der Waals surface area contributed by atoms with E-state index in [0.29, 0.717) is 5.56 Å². The molecule has 198 valence electrons. The molecule has 9 nitrogen and oxygen atoms in total. The van der Waals surface area contributed by atoms with Gasteiger partial charge in [-0.15, -0.1) is 0 Å². The predicted molar refractivity (Wildman–Crippen MR) is 138 cm³/mol. The number of ether oxygens (including phenoxy) is 1. The Morgan fingerprint density at radius 2 is 1.69 bits per heavy atom. The number of rotatable bonds is 12. The minimum Gasteiger partial charge on any atom is -0.444 e. The number of nitrogens with one attached hydrogen (secondary N) is 2. The molecule has 0 aromatic heterocycles. The second kappa shape index (κ2) is 14.1. The molecule has 9 heteroatoms. The average molecular weight is 501 g/mol. The van der Waals surface area contributed by atoms with E-state index in [9.17, 15) is 19.2 Å². The van der Waals surface area contributed by atoms with Crippen LogP contribution >= 0.6 is 0 Å². The maximum Gasteiger partial charge on any atom is 0.408 e. The highest BCUT2D eigenvalue weighted by atomic mass is 16.6. The summed E-state index contributed by atoms with van der Waals surface area (Å²) in [5, 5.41) is 5.40. The van der Waals surface area contributed by atoms with Gasteiger partial charge in [0.25, 0.3) is 5.91 Å². The number of carbonyl (C=O) groups excluding carboxylic acids is 4. The molecule has 3 unspecified atom stereocenters. The molecule has 36 heavy (non-hydrogen) atoms. The van der Waals surface area contributed by atoms with E-state index in [4.69, 9.17) is 16.9 Å². The number of amides is 4. The van der Waals surface area contributed by atoms with Gasteiger partial charge in [0, 0.05) is 18.5 Å². The standard InChI is InChI=1S/C27H40N4O5/c1-8-11-18(4)29-24(33)23(20-14-12-19(9-2)13-15-20)31(10-3)25(34)21(16-17-22(28)32)30-26(35)36-27(5,6)7/h3,12-15,18,21,23H,8-9,11,16-17H2,1-2,4-7H3,(H2,28,32)(H,29,33)(H,30,35). The molecule has 0 aliphatic heterocycles. The molecule has 0 saturated carbocycles. The van der Waals surface area contributed by atoms with Crippen molar-refractivity contribution in [1.82, 2.24) is 15.5 Å². The minimum absolute atomic E-state index is 0.110. The van der Waals surface area contributed by atoms with Gasteiger partial charge in [0.2, 0.25) is 11.8 Å². The maximum atomic E-state index is 13.6. The van der Waals surface area contributed by atoms with Crippen molar-refractivity contribution < 1.29 is 23.9 Å². The lowest BCUT2D eigenvalue weighted by atomic mass is 10.00. The van der Waals surface area contributed by atoms with E-state index in [2.05, 4.69) is 16.7 Å². The van der Waals surface area contributed by atoms with Crippen LogP contribution in [0.3, 0.4) is 0 Å². The zero-order valence-corrected chi connectivity index (χ0v) is 22.2. The molecule has 3 atom stereocenters. The fraction of sp³-hybridized carbons (Fsp3) is 0.556. The zero-order valence-electron chi connectivity index (χ0n) is 22.2. The quantitative estimate of drug-likeness (QED) is 0.300. The molecule has 0 spiro atoms. The van der Waals surface area contributed by atoms with Crippen molar-refractivity contribution in [2.24, 2.45) is 5.73 Å². The maximum absolute atomic E-state index is 13.6.